The van der Waals surface area contributed by atoms with E-state index in [1.807, 2.05) is 0 Å². The Morgan fingerprint density at radius 2 is 1.70 bits per heavy atom. The lowest BCUT2D eigenvalue weighted by molar-refractivity contribution is -0.238. The number of carbonyl (C=O) groups excluding carboxylic acids is 2. The SMILES string of the molecule is CCCCCCCCC(=O)C(CCCCN)C(=O)OO. The Morgan fingerprint density at radius 1 is 1.05 bits per heavy atom. The zero-order valence-corrected chi connectivity index (χ0v) is 12.6. The van der Waals surface area contributed by atoms with Gasteiger partial charge in [-0.3, -0.25) is 4.79 Å². The Kier molecular flexibility index (Phi) is 12.4. The van der Waals surface area contributed by atoms with Crippen molar-refractivity contribution in [2.24, 2.45) is 11.7 Å². The molecule has 0 aromatic heterocycles. The van der Waals surface area contributed by atoms with E-state index in [9.17, 15) is 9.59 Å². The molecule has 5 nitrogen and oxygen atoms in total. The Balaban J connectivity index is 3.97. The smallest absolute Gasteiger partial charge is 0.330 e. The van der Waals surface area contributed by atoms with Crippen molar-refractivity contribution in [2.75, 3.05) is 6.54 Å². The normalized spacial score (nSPS) is 12.2. The Labute approximate surface area is 121 Å². The maximum absolute atomic E-state index is 12.0. The van der Waals surface area contributed by atoms with Crippen molar-refractivity contribution in [2.45, 2.75) is 71.1 Å². The van der Waals surface area contributed by atoms with E-state index in [1.54, 1.807) is 0 Å². The number of hydrogen-bond donors (Lipinski definition) is 2. The first kappa shape index (κ1) is 19.1. The van der Waals surface area contributed by atoms with Gasteiger partial charge in [-0.05, 0) is 25.8 Å². The summed E-state index contributed by atoms with van der Waals surface area (Å²) in [6, 6.07) is 0. The first-order valence-corrected chi connectivity index (χ1v) is 7.75. The molecule has 5 heteroatoms. The first-order valence-electron chi connectivity index (χ1n) is 7.75. The number of unbranched alkanes of at least 4 members (excludes halogenated alkanes) is 6. The summed E-state index contributed by atoms with van der Waals surface area (Å²) in [5, 5.41) is 8.45. The molecule has 0 aromatic carbocycles. The van der Waals surface area contributed by atoms with Gasteiger partial charge < -0.3 is 10.6 Å². The fourth-order valence-electron chi connectivity index (χ4n) is 2.22. The molecule has 0 amide bonds. The van der Waals surface area contributed by atoms with Gasteiger partial charge in [0.15, 0.2) is 0 Å². The minimum Gasteiger partial charge on any atom is -0.330 e. The van der Waals surface area contributed by atoms with Crippen LogP contribution in [0.3, 0.4) is 0 Å². The molecule has 0 bridgehead atoms. The van der Waals surface area contributed by atoms with Gasteiger partial charge in [0.2, 0.25) is 0 Å². The van der Waals surface area contributed by atoms with Crippen LogP contribution in [-0.2, 0) is 14.5 Å². The second-order valence-corrected chi connectivity index (χ2v) is 5.23. The Hall–Kier alpha value is -0.940. The van der Waals surface area contributed by atoms with E-state index in [0.717, 1.165) is 25.7 Å². The molecule has 0 saturated heterocycles. The van der Waals surface area contributed by atoms with Crippen LogP contribution in [-0.4, -0.2) is 23.6 Å². The van der Waals surface area contributed by atoms with Crippen LogP contribution in [0.25, 0.3) is 0 Å². The van der Waals surface area contributed by atoms with Crippen LogP contribution in [0.1, 0.15) is 71.1 Å². The van der Waals surface area contributed by atoms with Crippen LogP contribution in [0.5, 0.6) is 0 Å². The summed E-state index contributed by atoms with van der Waals surface area (Å²) in [4.78, 5) is 27.1. The number of ketones is 1. The van der Waals surface area contributed by atoms with Crippen molar-refractivity contribution in [1.29, 1.82) is 0 Å². The van der Waals surface area contributed by atoms with Gasteiger partial charge in [-0.25, -0.2) is 4.79 Å². The van der Waals surface area contributed by atoms with Gasteiger partial charge >= 0.3 is 5.97 Å². The fraction of sp³-hybridized carbons (Fsp3) is 0.867. The van der Waals surface area contributed by atoms with Crippen LogP contribution in [0.4, 0.5) is 0 Å². The Bertz CT molecular complexity index is 269. The summed E-state index contributed by atoms with van der Waals surface area (Å²) in [6.45, 7) is 2.70. The van der Waals surface area contributed by atoms with E-state index in [2.05, 4.69) is 11.8 Å². The predicted octanol–water partition coefficient (Wildman–Crippen LogP) is 3.07. The van der Waals surface area contributed by atoms with Crippen molar-refractivity contribution < 1.29 is 19.7 Å². The van der Waals surface area contributed by atoms with Crippen molar-refractivity contribution in [3.63, 3.8) is 0 Å². The lowest BCUT2D eigenvalue weighted by atomic mass is 9.93. The van der Waals surface area contributed by atoms with Gasteiger partial charge in [0.05, 0.1) is 0 Å². The Morgan fingerprint density at radius 3 is 2.30 bits per heavy atom. The molecule has 1 unspecified atom stereocenters. The third-order valence-electron chi connectivity index (χ3n) is 3.49. The fourth-order valence-corrected chi connectivity index (χ4v) is 2.22. The van der Waals surface area contributed by atoms with Crippen LogP contribution in [0, 0.1) is 5.92 Å². The van der Waals surface area contributed by atoms with Crippen LogP contribution >= 0.6 is 0 Å². The molecule has 20 heavy (non-hydrogen) atoms. The molecule has 0 aliphatic carbocycles. The van der Waals surface area contributed by atoms with Crippen molar-refractivity contribution in [3.05, 3.63) is 0 Å². The molecular formula is C15H29NO4. The molecule has 0 aliphatic heterocycles. The lowest BCUT2D eigenvalue weighted by Gasteiger charge is -2.12. The maximum Gasteiger partial charge on any atom is 0.352 e. The lowest BCUT2D eigenvalue weighted by Crippen LogP contribution is -2.25. The van der Waals surface area contributed by atoms with Gasteiger partial charge in [0.1, 0.15) is 11.7 Å². The number of hydrogen-bond acceptors (Lipinski definition) is 5. The van der Waals surface area contributed by atoms with Gasteiger partial charge in [0, 0.05) is 6.42 Å². The van der Waals surface area contributed by atoms with Gasteiger partial charge in [-0.1, -0.05) is 45.4 Å². The van der Waals surface area contributed by atoms with E-state index in [0.29, 0.717) is 25.8 Å². The second-order valence-electron chi connectivity index (χ2n) is 5.23. The van der Waals surface area contributed by atoms with Crippen LogP contribution in [0.2, 0.25) is 0 Å². The average Bonchev–Trinajstić information content (AvgIpc) is 2.46. The standard InChI is InChI=1S/C15H29NO4/c1-2-3-4-5-6-7-11-14(17)13(15(18)20-19)10-8-9-12-16/h13,19H,2-12,16H2,1H3. The van der Waals surface area contributed by atoms with Gasteiger partial charge in [-0.15, -0.1) is 0 Å². The molecule has 0 spiro atoms. The highest BCUT2D eigenvalue weighted by molar-refractivity contribution is 5.98. The summed E-state index contributed by atoms with van der Waals surface area (Å²) < 4.78 is 0. The van der Waals surface area contributed by atoms with E-state index >= 15 is 0 Å². The van der Waals surface area contributed by atoms with E-state index in [1.165, 1.54) is 19.3 Å². The number of nitrogens with two attached hydrogens (primary N) is 1. The number of rotatable bonds is 13. The van der Waals surface area contributed by atoms with Crippen LogP contribution in [0.15, 0.2) is 0 Å². The third kappa shape index (κ3) is 9.04. The molecule has 0 heterocycles. The quantitative estimate of drug-likeness (QED) is 0.235. The predicted molar refractivity (Wildman–Crippen MR) is 78.1 cm³/mol. The molecule has 0 aliphatic rings. The molecule has 0 radical (unpaired) electrons. The van der Waals surface area contributed by atoms with E-state index in [4.69, 9.17) is 11.0 Å². The molecule has 1 atom stereocenters. The molecule has 3 N–H and O–H groups in total. The van der Waals surface area contributed by atoms with Crippen LogP contribution < -0.4 is 5.73 Å². The highest BCUT2D eigenvalue weighted by atomic mass is 17.1. The summed E-state index contributed by atoms with van der Waals surface area (Å²) in [5.74, 6) is -1.79. The maximum atomic E-state index is 12.0. The summed E-state index contributed by atoms with van der Waals surface area (Å²) in [5.41, 5.74) is 5.39. The molecule has 0 saturated carbocycles. The van der Waals surface area contributed by atoms with Gasteiger partial charge in [-0.2, -0.15) is 5.26 Å². The summed E-state index contributed by atoms with van der Waals surface area (Å²) in [6.07, 6.45) is 8.81. The third-order valence-corrected chi connectivity index (χ3v) is 3.49. The molecule has 118 valence electrons. The van der Waals surface area contributed by atoms with Gasteiger partial charge in [0.25, 0.3) is 0 Å². The number of Topliss-reactive ketones (excluding diaryl/α,β-unsaturated/α-hetero) is 1. The molecular weight excluding hydrogens is 258 g/mol. The highest BCUT2D eigenvalue weighted by Gasteiger charge is 2.27. The minimum atomic E-state index is -0.835. The highest BCUT2D eigenvalue weighted by Crippen LogP contribution is 2.16. The number of carbonyl (C=O) groups is 2. The topological polar surface area (TPSA) is 89.6 Å². The largest absolute Gasteiger partial charge is 0.352 e. The zero-order valence-electron chi connectivity index (χ0n) is 12.6. The molecule has 0 rings (SSSR count). The molecule has 0 fully saturated rings. The summed E-state index contributed by atoms with van der Waals surface area (Å²) in [7, 11) is 0. The average molecular weight is 287 g/mol. The van der Waals surface area contributed by atoms with E-state index in [-0.39, 0.29) is 5.78 Å². The second kappa shape index (κ2) is 13.1. The monoisotopic (exact) mass is 287 g/mol. The zero-order chi connectivity index (χ0) is 15.2. The summed E-state index contributed by atoms with van der Waals surface area (Å²) >= 11 is 0. The minimum absolute atomic E-state index is 0.128. The first-order chi connectivity index (χ1) is 9.67. The van der Waals surface area contributed by atoms with Crippen molar-refractivity contribution >= 4 is 11.8 Å². The molecule has 0 aromatic rings. The van der Waals surface area contributed by atoms with Crippen molar-refractivity contribution in [1.82, 2.24) is 0 Å². The van der Waals surface area contributed by atoms with Crippen molar-refractivity contribution in [3.8, 4) is 0 Å². The van der Waals surface area contributed by atoms with E-state index < -0.39 is 11.9 Å².